The van der Waals surface area contributed by atoms with Crippen molar-refractivity contribution in [2.24, 2.45) is 0 Å². The molecule has 2 bridgehead atoms. The molecule has 0 aliphatic carbocycles. The van der Waals surface area contributed by atoms with Crippen LogP contribution < -0.4 is 25.6 Å². The average Bonchev–Trinajstić information content (AvgIpc) is 3.72. The maximum absolute atomic E-state index is 14.0. The Morgan fingerprint density at radius 2 is 1.91 bits per heavy atom. The van der Waals surface area contributed by atoms with Gasteiger partial charge in [0, 0.05) is 74.6 Å². The Bertz CT molecular complexity index is 1640. The van der Waals surface area contributed by atoms with E-state index in [9.17, 15) is 18.0 Å². The molecule has 3 aromatic rings. The zero-order valence-corrected chi connectivity index (χ0v) is 26.1. The van der Waals surface area contributed by atoms with Crippen molar-refractivity contribution in [3.8, 4) is 5.75 Å². The molecule has 1 aromatic heterocycles. The number of nitrogens with zero attached hydrogens (tertiary/aromatic N) is 4. The summed E-state index contributed by atoms with van der Waals surface area (Å²) in [5.41, 5.74) is 1.89. The van der Waals surface area contributed by atoms with Crippen LogP contribution >= 0.6 is 0 Å². The normalized spacial score (nSPS) is 22.6. The Hall–Kier alpha value is -4.10. The summed E-state index contributed by atoms with van der Waals surface area (Å²) < 4.78 is 53.3. The number of nitrogens with one attached hydrogen (secondary N) is 3. The van der Waals surface area contributed by atoms with Crippen LogP contribution in [0.1, 0.15) is 49.8 Å². The van der Waals surface area contributed by atoms with Crippen molar-refractivity contribution < 1.29 is 27.4 Å². The summed E-state index contributed by atoms with van der Waals surface area (Å²) >= 11 is 0. The molecule has 46 heavy (non-hydrogen) atoms. The fraction of sp³-hybridized carbons (Fsp3) is 0.485. The molecule has 0 radical (unpaired) electrons. The number of hydrogen-bond donors (Lipinski definition) is 3. The maximum atomic E-state index is 14.0. The zero-order valence-electron chi connectivity index (χ0n) is 26.1. The Morgan fingerprint density at radius 1 is 1.11 bits per heavy atom. The molecule has 4 aliphatic rings. The minimum atomic E-state index is -4.68. The molecule has 3 N–H and O–H groups in total. The molecule has 2 aromatic carbocycles. The summed E-state index contributed by atoms with van der Waals surface area (Å²) in [5.74, 6) is 0.00669. The number of methoxy groups -OCH3 is 1. The lowest BCUT2D eigenvalue weighted by atomic mass is 9.83. The van der Waals surface area contributed by atoms with E-state index < -0.39 is 17.2 Å². The summed E-state index contributed by atoms with van der Waals surface area (Å²) in [6.45, 7) is 7.26. The van der Waals surface area contributed by atoms with Crippen LogP contribution in [0, 0.1) is 0 Å². The van der Waals surface area contributed by atoms with Gasteiger partial charge in [0.1, 0.15) is 17.1 Å². The smallest absolute Gasteiger partial charge is 0.421 e. The zero-order chi connectivity index (χ0) is 32.2. The number of hydrogen-bond acceptors (Lipinski definition) is 9. The van der Waals surface area contributed by atoms with Gasteiger partial charge in [-0.2, -0.15) is 18.2 Å². The number of rotatable bonds is 8. The van der Waals surface area contributed by atoms with Gasteiger partial charge in [0.25, 0.3) is 0 Å². The Kier molecular flexibility index (Phi) is 7.71. The van der Waals surface area contributed by atoms with Gasteiger partial charge in [-0.25, -0.2) is 4.98 Å². The molecule has 10 nitrogen and oxygen atoms in total. The molecule has 1 amide bonds. The number of aromatic nitrogens is 2. The molecule has 7 rings (SSSR count). The summed E-state index contributed by atoms with van der Waals surface area (Å²) in [6, 6.07) is 12.7. The number of halogens is 3. The molecule has 3 fully saturated rings. The number of carbonyl (C=O) groups is 1. The fourth-order valence-corrected chi connectivity index (χ4v) is 7.51. The van der Waals surface area contributed by atoms with Gasteiger partial charge >= 0.3 is 6.18 Å². The van der Waals surface area contributed by atoms with Crippen molar-refractivity contribution in [2.75, 3.05) is 54.3 Å². The number of alkyl halides is 3. The van der Waals surface area contributed by atoms with Gasteiger partial charge in [-0.3, -0.25) is 9.69 Å². The van der Waals surface area contributed by atoms with Crippen molar-refractivity contribution in [3.63, 3.8) is 0 Å². The van der Waals surface area contributed by atoms with Crippen LogP contribution in [0.2, 0.25) is 0 Å². The molecule has 5 heterocycles. The van der Waals surface area contributed by atoms with E-state index in [-0.39, 0.29) is 24.2 Å². The number of likely N-dealkylation sites (tertiary alicyclic amines) is 1. The van der Waals surface area contributed by atoms with E-state index in [1.165, 1.54) is 0 Å². The highest BCUT2D eigenvalue weighted by molar-refractivity contribution is 6.06. The average molecular weight is 638 g/mol. The summed E-state index contributed by atoms with van der Waals surface area (Å²) in [5, 5.41) is 8.77. The molecule has 3 saturated heterocycles. The standard InChI is InChI=1S/C33H38F3N7O3/c1-32(2)28-19(5-4-6-26(28)39-30(32)44)15-37-29-24(33(34,35)36)16-38-31(41-29)40-25-8-7-21(14-27(25)45-3)43-18-22-13-23(43)17-42(22)20-9-11-46-12-10-20/h4-8,14,16,20,22-23H,9-13,15,17-18H2,1-3H3,(H,39,44)(H2,37,38,40,41). The Morgan fingerprint density at radius 3 is 2.63 bits per heavy atom. The third-order valence-corrected chi connectivity index (χ3v) is 9.84. The second kappa shape index (κ2) is 11.6. The van der Waals surface area contributed by atoms with Gasteiger partial charge in [-0.1, -0.05) is 12.1 Å². The first-order valence-electron chi connectivity index (χ1n) is 15.7. The van der Waals surface area contributed by atoms with Crippen LogP contribution in [0.25, 0.3) is 0 Å². The molecule has 2 atom stereocenters. The molecule has 13 heteroatoms. The molecule has 244 valence electrons. The van der Waals surface area contributed by atoms with Crippen LogP contribution in [0.5, 0.6) is 5.75 Å². The van der Waals surface area contributed by atoms with E-state index in [0.29, 0.717) is 40.8 Å². The predicted molar refractivity (Wildman–Crippen MR) is 169 cm³/mol. The molecular formula is C33H38F3N7O3. The monoisotopic (exact) mass is 637 g/mol. The van der Waals surface area contributed by atoms with Gasteiger partial charge in [0.05, 0.1) is 18.2 Å². The number of amides is 1. The van der Waals surface area contributed by atoms with Crippen molar-refractivity contribution >= 4 is 34.7 Å². The molecule has 0 saturated carbocycles. The number of benzene rings is 2. The second-order valence-corrected chi connectivity index (χ2v) is 13.0. The van der Waals surface area contributed by atoms with Crippen LogP contribution in [-0.2, 0) is 27.7 Å². The van der Waals surface area contributed by atoms with Crippen LogP contribution in [0.15, 0.2) is 42.6 Å². The van der Waals surface area contributed by atoms with Gasteiger partial charge in [-0.15, -0.1) is 0 Å². The second-order valence-electron chi connectivity index (χ2n) is 13.0. The highest BCUT2D eigenvalue weighted by Gasteiger charge is 2.46. The SMILES string of the molecule is COc1cc(N2CC3CC2CN3C2CCOCC2)ccc1Nc1ncc(C(F)(F)F)c(NCc2cccc3c2C(C)(C)C(=O)N3)n1. The van der Waals surface area contributed by atoms with Crippen molar-refractivity contribution in [1.29, 1.82) is 0 Å². The minimum Gasteiger partial charge on any atom is -0.494 e. The first-order chi connectivity index (χ1) is 22.0. The maximum Gasteiger partial charge on any atom is 0.421 e. The number of fused-ring (bicyclic) bond motifs is 3. The largest absolute Gasteiger partial charge is 0.494 e. The molecule has 2 unspecified atom stereocenters. The number of ether oxygens (including phenoxy) is 2. The third kappa shape index (κ3) is 5.49. The van der Waals surface area contributed by atoms with Gasteiger partial charge < -0.3 is 30.3 Å². The van der Waals surface area contributed by atoms with Crippen molar-refractivity contribution in [3.05, 3.63) is 59.3 Å². The van der Waals surface area contributed by atoms with E-state index in [1.54, 1.807) is 39.2 Å². The van der Waals surface area contributed by atoms with Crippen LogP contribution in [-0.4, -0.2) is 72.3 Å². The van der Waals surface area contributed by atoms with E-state index in [0.717, 1.165) is 63.0 Å². The third-order valence-electron chi connectivity index (χ3n) is 9.84. The summed E-state index contributed by atoms with van der Waals surface area (Å²) in [4.78, 5) is 25.8. The highest BCUT2D eigenvalue weighted by atomic mass is 19.4. The Balaban J connectivity index is 1.09. The molecule has 4 aliphatic heterocycles. The summed E-state index contributed by atoms with van der Waals surface area (Å²) in [6.07, 6.45) is -0.596. The van der Waals surface area contributed by atoms with Crippen molar-refractivity contribution in [1.82, 2.24) is 14.9 Å². The fourth-order valence-electron chi connectivity index (χ4n) is 7.51. The first kappa shape index (κ1) is 30.5. The quantitative estimate of drug-likeness (QED) is 0.294. The van der Waals surface area contributed by atoms with E-state index in [1.807, 2.05) is 18.2 Å². The lowest BCUT2D eigenvalue weighted by Crippen LogP contribution is -2.51. The minimum absolute atomic E-state index is 0.00986. The van der Waals surface area contributed by atoms with Crippen molar-refractivity contribution in [2.45, 2.75) is 69.4 Å². The van der Waals surface area contributed by atoms with Gasteiger partial charge in [0.2, 0.25) is 11.9 Å². The summed E-state index contributed by atoms with van der Waals surface area (Å²) in [7, 11) is 1.56. The number of anilines is 5. The van der Waals surface area contributed by atoms with E-state index in [4.69, 9.17) is 9.47 Å². The number of piperazine rings is 1. The van der Waals surface area contributed by atoms with Gasteiger partial charge in [-0.05, 0) is 62.4 Å². The molecular weight excluding hydrogens is 599 g/mol. The first-order valence-corrected chi connectivity index (χ1v) is 15.7. The predicted octanol–water partition coefficient (Wildman–Crippen LogP) is 5.53. The van der Waals surface area contributed by atoms with Gasteiger partial charge in [0.15, 0.2) is 0 Å². The number of carbonyl (C=O) groups excluding carboxylic acids is 1. The lowest BCUT2D eigenvalue weighted by Gasteiger charge is -2.41. The van der Waals surface area contributed by atoms with E-state index >= 15 is 0 Å². The molecule has 0 spiro atoms. The lowest BCUT2D eigenvalue weighted by molar-refractivity contribution is -0.137. The topological polar surface area (TPSA) is 104 Å². The van der Waals surface area contributed by atoms with Crippen LogP contribution in [0.3, 0.4) is 0 Å². The highest BCUT2D eigenvalue weighted by Crippen LogP contribution is 2.42. The Labute approximate surface area is 265 Å². The van der Waals surface area contributed by atoms with E-state index in [2.05, 4.69) is 35.7 Å². The van der Waals surface area contributed by atoms with Crippen LogP contribution in [0.4, 0.5) is 42.0 Å².